The first kappa shape index (κ1) is 20.9. The molecule has 2 atom stereocenters. The number of benzene rings is 2. The number of imide groups is 1. The maximum Gasteiger partial charge on any atom is 0.506 e. The number of aromatic amines is 1. The van der Waals surface area contributed by atoms with Gasteiger partial charge in [0, 0.05) is 23.7 Å². The molecule has 0 radical (unpaired) electrons. The number of carbonyl (C=O) groups excluding carboxylic acids is 2. The number of nitrogens with zero attached hydrogens (tertiary/aromatic N) is 6. The number of tetrazole rings is 1. The average Bonchev–Trinajstić information content (AvgIpc) is 3.55. The molecule has 0 spiro atoms. The fourth-order valence-corrected chi connectivity index (χ4v) is 5.92. The minimum Gasteiger partial charge on any atom is -0.302 e. The minimum absolute atomic E-state index is 0.0954. The zero-order valence-electron chi connectivity index (χ0n) is 17.8. The van der Waals surface area contributed by atoms with Gasteiger partial charge in [-0.2, -0.15) is 19.5 Å². The molecule has 12 heteroatoms. The van der Waals surface area contributed by atoms with Gasteiger partial charge in [0.1, 0.15) is 11.7 Å². The molecule has 6 rings (SSSR count). The number of aryl methyl sites for hydroxylation is 1. The molecule has 170 valence electrons. The highest BCUT2D eigenvalue weighted by Crippen LogP contribution is 2.41. The lowest BCUT2D eigenvalue weighted by Gasteiger charge is -2.26. The minimum atomic E-state index is -0.912. The number of aromatic nitrogens is 5. The van der Waals surface area contributed by atoms with Gasteiger partial charge in [0.05, 0.1) is 16.4 Å². The van der Waals surface area contributed by atoms with Crippen LogP contribution in [0.3, 0.4) is 0 Å². The van der Waals surface area contributed by atoms with E-state index in [-0.39, 0.29) is 10.7 Å². The zero-order chi connectivity index (χ0) is 23.6. The van der Waals surface area contributed by atoms with Crippen LogP contribution in [0.15, 0.2) is 41.2 Å². The van der Waals surface area contributed by atoms with Crippen molar-refractivity contribution in [1.82, 2.24) is 30.1 Å². The fourth-order valence-electron chi connectivity index (χ4n) is 4.73. The maximum absolute atomic E-state index is 13.8. The summed E-state index contributed by atoms with van der Waals surface area (Å²) in [5.74, 6) is -1.17. The smallest absolute Gasteiger partial charge is 0.302 e. The van der Waals surface area contributed by atoms with Gasteiger partial charge in [-0.25, -0.2) is 4.79 Å². The first-order valence-electron chi connectivity index (χ1n) is 10.6. The maximum atomic E-state index is 13.8. The number of rotatable bonds is 3. The van der Waals surface area contributed by atoms with Crippen molar-refractivity contribution in [1.29, 1.82) is 0 Å². The van der Waals surface area contributed by atoms with E-state index in [1.165, 1.54) is 15.7 Å². The van der Waals surface area contributed by atoms with Gasteiger partial charge >= 0.3 is 16.8 Å². The van der Waals surface area contributed by atoms with Crippen LogP contribution in [0.25, 0.3) is 10.2 Å². The number of hydrogen-bond acceptors (Lipinski definition) is 7. The molecule has 4 aromatic rings. The van der Waals surface area contributed by atoms with Gasteiger partial charge in [-0.05, 0) is 36.6 Å². The van der Waals surface area contributed by atoms with Crippen molar-refractivity contribution in [3.8, 4) is 0 Å². The molecule has 10 nitrogen and oxygen atoms in total. The number of urea groups is 1. The Morgan fingerprint density at radius 3 is 2.85 bits per heavy atom. The lowest BCUT2D eigenvalue weighted by atomic mass is 10.0. The molecule has 3 amide bonds. The number of amides is 3. The molecular formula is C22H17ClN7O3S+. The van der Waals surface area contributed by atoms with Crippen molar-refractivity contribution in [3.63, 3.8) is 0 Å². The van der Waals surface area contributed by atoms with Crippen molar-refractivity contribution in [3.05, 3.63) is 68.0 Å². The van der Waals surface area contributed by atoms with E-state index in [9.17, 15) is 14.4 Å². The Kier molecular flexibility index (Phi) is 4.71. The summed E-state index contributed by atoms with van der Waals surface area (Å²) in [5.41, 5.74) is 3.11. The summed E-state index contributed by atoms with van der Waals surface area (Å²) in [6.45, 7) is 0. The summed E-state index contributed by atoms with van der Waals surface area (Å²) >= 11 is 7.48. The molecule has 0 saturated heterocycles. The van der Waals surface area contributed by atoms with Gasteiger partial charge in [0.2, 0.25) is 0 Å². The predicted molar refractivity (Wildman–Crippen MR) is 125 cm³/mol. The first-order chi connectivity index (χ1) is 16.4. The van der Waals surface area contributed by atoms with Gasteiger partial charge in [-0.3, -0.25) is 4.79 Å². The summed E-state index contributed by atoms with van der Waals surface area (Å²) in [6.07, 6.45) is 2.74. The Morgan fingerprint density at radius 2 is 2.06 bits per heavy atom. The van der Waals surface area contributed by atoms with Crippen molar-refractivity contribution >= 4 is 57.0 Å². The summed E-state index contributed by atoms with van der Waals surface area (Å²) < 4.78 is 3.72. The van der Waals surface area contributed by atoms with Crippen molar-refractivity contribution in [2.45, 2.75) is 24.8 Å². The fraction of sp³-hybridized carbons (Fsp3) is 0.227. The third kappa shape index (κ3) is 3.04. The van der Waals surface area contributed by atoms with Crippen molar-refractivity contribution in [2.75, 3.05) is 0 Å². The molecule has 0 bridgehead atoms. The van der Waals surface area contributed by atoms with E-state index in [1.807, 2.05) is 18.2 Å². The molecule has 1 aliphatic heterocycles. The Labute approximate surface area is 201 Å². The van der Waals surface area contributed by atoms with Gasteiger partial charge in [0.25, 0.3) is 0 Å². The molecule has 1 aliphatic carbocycles. The van der Waals surface area contributed by atoms with Crippen LogP contribution in [0.2, 0.25) is 5.02 Å². The van der Waals surface area contributed by atoms with Crippen LogP contribution in [-0.2, 0) is 18.3 Å². The number of thiazole rings is 1. The van der Waals surface area contributed by atoms with Crippen LogP contribution in [0.5, 0.6) is 0 Å². The molecule has 2 unspecified atom stereocenters. The van der Waals surface area contributed by atoms with Crippen LogP contribution in [0.4, 0.5) is 10.5 Å². The van der Waals surface area contributed by atoms with E-state index in [0.717, 1.165) is 32.7 Å². The number of nitrogens with one attached hydrogen (secondary N) is 1. The Morgan fingerprint density at radius 1 is 1.21 bits per heavy atom. The second-order valence-corrected chi connectivity index (χ2v) is 9.60. The average molecular weight is 495 g/mol. The molecule has 0 saturated carbocycles. The largest absolute Gasteiger partial charge is 0.506 e. The lowest BCUT2D eigenvalue weighted by Crippen LogP contribution is -2.50. The molecular weight excluding hydrogens is 478 g/mol. The highest BCUT2D eigenvalue weighted by Gasteiger charge is 2.51. The number of H-pyrrole nitrogens is 1. The summed E-state index contributed by atoms with van der Waals surface area (Å²) in [7, 11) is 1.70. The monoisotopic (exact) mass is 494 g/mol. The number of fused-ring (bicyclic) bond motifs is 2. The van der Waals surface area contributed by atoms with E-state index in [2.05, 4.69) is 20.6 Å². The van der Waals surface area contributed by atoms with Crippen LogP contribution >= 0.6 is 22.9 Å². The predicted octanol–water partition coefficient (Wildman–Crippen LogP) is 2.91. The summed E-state index contributed by atoms with van der Waals surface area (Å²) in [6, 6.07) is 9.91. The van der Waals surface area contributed by atoms with Gasteiger partial charge in [-0.15, -0.1) is 10.2 Å². The summed E-state index contributed by atoms with van der Waals surface area (Å²) in [4.78, 5) is 40.7. The standard InChI is InChI=1S/C22H17ClN7O3S/c1-28-17-7-5-11(9-18(17)34-22(28)33)29-10-14(19-24-26-27-25-19)20(31)30(21(29)32)16-8-6-12-13(16)3-2-4-15(12)23/h2-5,7,9-10,14,16H,6,8H2,1H3,(H,24,25,26,27)/q+1. The molecule has 2 aromatic heterocycles. The second kappa shape index (κ2) is 7.67. The van der Waals surface area contributed by atoms with E-state index >= 15 is 0 Å². The second-order valence-electron chi connectivity index (χ2n) is 8.20. The topological polar surface area (TPSA) is 117 Å². The normalized spacial score (nSPS) is 20.2. The van der Waals surface area contributed by atoms with Crippen LogP contribution in [0, 0.1) is 0 Å². The quantitative estimate of drug-likeness (QED) is 0.438. The van der Waals surface area contributed by atoms with E-state index < -0.39 is 23.9 Å². The SMILES string of the molecule is Cn1c(=O)sc2cc([N+]3=CC(c4nn[nH]n4)C(=O)N(C4CCc5c(Cl)cccc54)C3=O)ccc21. The van der Waals surface area contributed by atoms with Gasteiger partial charge in [-0.1, -0.05) is 40.3 Å². The lowest BCUT2D eigenvalue weighted by molar-refractivity contribution is -0.344. The van der Waals surface area contributed by atoms with Gasteiger partial charge in [0.15, 0.2) is 11.7 Å². The Bertz CT molecular complexity index is 1570. The molecule has 3 heterocycles. The summed E-state index contributed by atoms with van der Waals surface area (Å²) in [5, 5.41) is 14.6. The van der Waals surface area contributed by atoms with Crippen molar-refractivity contribution < 1.29 is 14.2 Å². The van der Waals surface area contributed by atoms with Gasteiger partial charge < -0.3 is 4.57 Å². The zero-order valence-corrected chi connectivity index (χ0v) is 19.4. The van der Waals surface area contributed by atoms with E-state index in [0.29, 0.717) is 23.6 Å². The van der Waals surface area contributed by atoms with E-state index in [4.69, 9.17) is 11.6 Å². The molecule has 2 aliphatic rings. The number of hydrogen-bond donors (Lipinski definition) is 1. The van der Waals surface area contributed by atoms with Crippen LogP contribution < -0.4 is 4.87 Å². The van der Waals surface area contributed by atoms with E-state index in [1.54, 1.807) is 29.8 Å². The first-order valence-corrected chi connectivity index (χ1v) is 11.7. The van der Waals surface area contributed by atoms with Crippen LogP contribution in [0.1, 0.15) is 35.3 Å². The Hall–Kier alpha value is -3.70. The number of halogens is 1. The highest BCUT2D eigenvalue weighted by molar-refractivity contribution is 7.16. The third-order valence-corrected chi connectivity index (χ3v) is 7.75. The molecule has 34 heavy (non-hydrogen) atoms. The van der Waals surface area contributed by atoms with Crippen molar-refractivity contribution in [2.24, 2.45) is 7.05 Å². The Balaban J connectivity index is 1.50. The molecule has 1 N–H and O–H groups in total. The number of carbonyl (C=O) groups is 2. The third-order valence-electron chi connectivity index (χ3n) is 6.40. The van der Waals surface area contributed by atoms with Crippen LogP contribution in [-0.4, -0.2) is 52.8 Å². The molecule has 0 fully saturated rings. The highest BCUT2D eigenvalue weighted by atomic mass is 35.5. The molecule has 2 aromatic carbocycles.